The van der Waals surface area contributed by atoms with E-state index in [0.717, 1.165) is 5.56 Å². The van der Waals surface area contributed by atoms with Crippen molar-refractivity contribution in [3.8, 4) is 0 Å². The van der Waals surface area contributed by atoms with Gasteiger partial charge in [0.05, 0.1) is 12.7 Å². The Morgan fingerprint density at radius 2 is 1.57 bits per heavy atom. The standard InChI is InChI=1S/C26H33N3O6/c1-26(2,3)22(24(32)27-20-14-12-18(13-15-20)25(33)35-4)28-23(31)19(16-21(30)29-34)11-10-17-8-6-5-7-9-17/h5-9,12-15,19,22,34H,10-11,16H2,1-4H3,(H,27,32)(H,28,31)(H,29,30). The second-order valence-electron chi connectivity index (χ2n) is 9.33. The van der Waals surface area contributed by atoms with Crippen molar-refractivity contribution in [2.45, 2.75) is 46.1 Å². The van der Waals surface area contributed by atoms with E-state index in [0.29, 0.717) is 24.1 Å². The van der Waals surface area contributed by atoms with Crippen LogP contribution in [0.4, 0.5) is 5.69 Å². The van der Waals surface area contributed by atoms with Crippen LogP contribution in [0.15, 0.2) is 54.6 Å². The zero-order valence-corrected chi connectivity index (χ0v) is 20.5. The van der Waals surface area contributed by atoms with E-state index >= 15 is 0 Å². The molecule has 0 aromatic heterocycles. The molecule has 0 aliphatic carbocycles. The van der Waals surface area contributed by atoms with Gasteiger partial charge in [0.15, 0.2) is 0 Å². The third-order valence-electron chi connectivity index (χ3n) is 5.54. The molecule has 0 aliphatic rings. The number of nitrogens with one attached hydrogen (secondary N) is 3. The number of ether oxygens (including phenoxy) is 1. The lowest BCUT2D eigenvalue weighted by Crippen LogP contribution is -2.53. The molecule has 2 aromatic rings. The summed E-state index contributed by atoms with van der Waals surface area (Å²) in [6, 6.07) is 14.8. The van der Waals surface area contributed by atoms with Crippen molar-refractivity contribution in [3.63, 3.8) is 0 Å². The third kappa shape index (κ3) is 8.53. The molecular weight excluding hydrogens is 450 g/mol. The van der Waals surface area contributed by atoms with E-state index in [4.69, 9.17) is 5.21 Å². The number of carbonyl (C=O) groups is 4. The van der Waals surface area contributed by atoms with Crippen LogP contribution in [0.2, 0.25) is 0 Å². The minimum Gasteiger partial charge on any atom is -0.465 e. The van der Waals surface area contributed by atoms with Gasteiger partial charge in [-0.15, -0.1) is 0 Å². The fraction of sp³-hybridized carbons (Fsp3) is 0.385. The molecule has 0 spiro atoms. The Morgan fingerprint density at radius 1 is 0.943 bits per heavy atom. The van der Waals surface area contributed by atoms with Crippen molar-refractivity contribution in [1.29, 1.82) is 0 Å². The molecule has 9 nitrogen and oxygen atoms in total. The summed E-state index contributed by atoms with van der Waals surface area (Å²) in [5, 5.41) is 14.5. The number of hydrogen-bond donors (Lipinski definition) is 4. The highest BCUT2D eigenvalue weighted by Crippen LogP contribution is 2.23. The van der Waals surface area contributed by atoms with Crippen LogP contribution in [-0.4, -0.2) is 42.0 Å². The molecule has 0 heterocycles. The molecule has 3 amide bonds. The first kappa shape index (κ1) is 27.5. The zero-order valence-electron chi connectivity index (χ0n) is 20.5. The lowest BCUT2D eigenvalue weighted by Gasteiger charge is -2.31. The quantitative estimate of drug-likeness (QED) is 0.233. The van der Waals surface area contributed by atoms with Gasteiger partial charge in [-0.25, -0.2) is 10.3 Å². The number of benzene rings is 2. The van der Waals surface area contributed by atoms with Crippen LogP contribution >= 0.6 is 0 Å². The van der Waals surface area contributed by atoms with Crippen LogP contribution in [0, 0.1) is 11.3 Å². The lowest BCUT2D eigenvalue weighted by atomic mass is 9.85. The fourth-order valence-electron chi connectivity index (χ4n) is 3.54. The maximum atomic E-state index is 13.2. The largest absolute Gasteiger partial charge is 0.465 e. The van der Waals surface area contributed by atoms with Gasteiger partial charge in [-0.05, 0) is 48.1 Å². The Morgan fingerprint density at radius 3 is 2.11 bits per heavy atom. The van der Waals surface area contributed by atoms with Crippen LogP contribution in [0.5, 0.6) is 0 Å². The molecule has 188 valence electrons. The smallest absolute Gasteiger partial charge is 0.337 e. The van der Waals surface area contributed by atoms with Crippen molar-refractivity contribution < 1.29 is 29.1 Å². The van der Waals surface area contributed by atoms with Crippen molar-refractivity contribution in [1.82, 2.24) is 10.8 Å². The normalized spacial score (nSPS) is 12.7. The molecule has 2 rings (SSSR count). The van der Waals surface area contributed by atoms with Gasteiger partial charge in [-0.3, -0.25) is 19.6 Å². The Balaban J connectivity index is 2.14. The van der Waals surface area contributed by atoms with Gasteiger partial charge in [-0.1, -0.05) is 51.1 Å². The Labute approximate surface area is 205 Å². The molecule has 0 radical (unpaired) electrons. The van der Waals surface area contributed by atoms with Gasteiger partial charge in [0.1, 0.15) is 6.04 Å². The van der Waals surface area contributed by atoms with E-state index in [9.17, 15) is 19.2 Å². The number of aryl methyl sites for hydroxylation is 1. The van der Waals surface area contributed by atoms with E-state index in [2.05, 4.69) is 15.4 Å². The SMILES string of the molecule is COC(=O)c1ccc(NC(=O)C(NC(=O)C(CCc2ccccc2)CC(=O)NO)C(C)(C)C)cc1. The molecule has 35 heavy (non-hydrogen) atoms. The van der Waals surface area contributed by atoms with Crippen LogP contribution < -0.4 is 16.1 Å². The highest BCUT2D eigenvalue weighted by Gasteiger charge is 2.35. The topological polar surface area (TPSA) is 134 Å². The van der Waals surface area contributed by atoms with Gasteiger partial charge >= 0.3 is 5.97 Å². The molecular formula is C26H33N3O6. The molecule has 2 aromatic carbocycles. The Hall–Kier alpha value is -3.72. The number of anilines is 1. The van der Waals surface area contributed by atoms with Crippen molar-refractivity contribution >= 4 is 29.4 Å². The number of esters is 1. The molecule has 0 aliphatic heterocycles. The third-order valence-corrected chi connectivity index (χ3v) is 5.54. The van der Waals surface area contributed by atoms with Crippen LogP contribution in [0.1, 0.15) is 49.5 Å². The van der Waals surface area contributed by atoms with E-state index in [-0.39, 0.29) is 6.42 Å². The first-order valence-corrected chi connectivity index (χ1v) is 11.3. The number of carbonyl (C=O) groups excluding carboxylic acids is 4. The molecule has 9 heteroatoms. The van der Waals surface area contributed by atoms with Gasteiger partial charge in [0, 0.05) is 18.0 Å². The highest BCUT2D eigenvalue weighted by molar-refractivity contribution is 5.99. The Kier molecular flexibility index (Phi) is 9.96. The molecule has 0 bridgehead atoms. The predicted molar refractivity (Wildman–Crippen MR) is 131 cm³/mol. The summed E-state index contributed by atoms with van der Waals surface area (Å²) >= 11 is 0. The van der Waals surface area contributed by atoms with Gasteiger partial charge in [0.2, 0.25) is 17.7 Å². The summed E-state index contributed by atoms with van der Waals surface area (Å²) in [4.78, 5) is 49.7. The molecule has 4 N–H and O–H groups in total. The van der Waals surface area contributed by atoms with Gasteiger partial charge in [0.25, 0.3) is 0 Å². The number of amides is 3. The minimum atomic E-state index is -0.910. The van der Waals surface area contributed by atoms with E-state index in [1.54, 1.807) is 17.6 Å². The summed E-state index contributed by atoms with van der Waals surface area (Å²) in [6.07, 6.45) is 0.690. The molecule has 0 fully saturated rings. The van der Waals surface area contributed by atoms with Crippen molar-refractivity contribution in [2.24, 2.45) is 11.3 Å². The monoisotopic (exact) mass is 483 g/mol. The number of hydroxylamine groups is 1. The van der Waals surface area contributed by atoms with Gasteiger partial charge < -0.3 is 15.4 Å². The first-order valence-electron chi connectivity index (χ1n) is 11.3. The van der Waals surface area contributed by atoms with E-state index in [1.165, 1.54) is 19.2 Å². The maximum Gasteiger partial charge on any atom is 0.337 e. The summed E-state index contributed by atoms with van der Waals surface area (Å²) in [5.74, 6) is -2.82. The molecule has 2 atom stereocenters. The summed E-state index contributed by atoms with van der Waals surface area (Å²) in [7, 11) is 1.28. The molecule has 0 saturated heterocycles. The summed E-state index contributed by atoms with van der Waals surface area (Å²) < 4.78 is 4.67. The minimum absolute atomic E-state index is 0.220. The van der Waals surface area contributed by atoms with Crippen molar-refractivity contribution in [3.05, 3.63) is 65.7 Å². The van der Waals surface area contributed by atoms with Crippen molar-refractivity contribution in [2.75, 3.05) is 12.4 Å². The van der Waals surface area contributed by atoms with Crippen LogP contribution in [0.25, 0.3) is 0 Å². The zero-order chi connectivity index (χ0) is 26.0. The highest BCUT2D eigenvalue weighted by atomic mass is 16.5. The second kappa shape index (κ2) is 12.7. The molecule has 0 saturated carbocycles. The average Bonchev–Trinajstić information content (AvgIpc) is 2.84. The summed E-state index contributed by atoms with van der Waals surface area (Å²) in [5.41, 5.74) is 2.73. The van der Waals surface area contributed by atoms with Crippen LogP contribution in [-0.2, 0) is 25.5 Å². The summed E-state index contributed by atoms with van der Waals surface area (Å²) in [6.45, 7) is 5.45. The lowest BCUT2D eigenvalue weighted by molar-refractivity contribution is -0.136. The second-order valence-corrected chi connectivity index (χ2v) is 9.33. The van der Waals surface area contributed by atoms with E-state index < -0.39 is 41.1 Å². The Bertz CT molecular complexity index is 1020. The number of rotatable bonds is 10. The fourth-order valence-corrected chi connectivity index (χ4v) is 3.54. The first-order chi connectivity index (χ1) is 16.5. The van der Waals surface area contributed by atoms with E-state index in [1.807, 2.05) is 51.1 Å². The molecule has 2 unspecified atom stereocenters. The maximum absolute atomic E-state index is 13.2. The van der Waals surface area contributed by atoms with Gasteiger partial charge in [-0.2, -0.15) is 0 Å². The predicted octanol–water partition coefficient (Wildman–Crippen LogP) is 3.09. The number of methoxy groups -OCH3 is 1. The average molecular weight is 484 g/mol. The van der Waals surface area contributed by atoms with Crippen LogP contribution in [0.3, 0.4) is 0 Å². The number of hydrogen-bond acceptors (Lipinski definition) is 6.